The van der Waals surface area contributed by atoms with Gasteiger partial charge in [0.1, 0.15) is 0 Å². The fraction of sp³-hybridized carbons (Fsp3) is 0. The quantitative estimate of drug-likeness (QED) is 0.242. The van der Waals surface area contributed by atoms with Gasteiger partial charge in [-0.05, 0) is 0 Å². The van der Waals surface area contributed by atoms with Crippen LogP contribution in [0, 0.1) is 0 Å². The monoisotopic (exact) mass is 112 g/mol. The zero-order chi connectivity index (χ0) is 4.99. The summed E-state index contributed by atoms with van der Waals surface area (Å²) in [6.07, 6.45) is 0. The molecule has 5 N–H and O–H groups in total. The van der Waals surface area contributed by atoms with Crippen LogP contribution < -0.4 is 11.4 Å². The third kappa shape index (κ3) is 4.23. The van der Waals surface area contributed by atoms with Gasteiger partial charge in [0.2, 0.25) is 0 Å². The SMILES string of the molecule is NOOP(N)O. The van der Waals surface area contributed by atoms with Crippen molar-refractivity contribution in [3.63, 3.8) is 0 Å². The summed E-state index contributed by atoms with van der Waals surface area (Å²) in [4.78, 5) is 11.4. The number of hydrogen-bond acceptors (Lipinski definition) is 5. The molecule has 0 aromatic rings. The molecule has 0 aliphatic rings. The van der Waals surface area contributed by atoms with Crippen molar-refractivity contribution in [2.75, 3.05) is 0 Å². The highest BCUT2D eigenvalue weighted by molar-refractivity contribution is 7.43. The molecule has 6 heavy (non-hydrogen) atoms. The molecule has 6 heteroatoms. The predicted octanol–water partition coefficient (Wildman–Crippen LogP) is -1.01. The van der Waals surface area contributed by atoms with Gasteiger partial charge in [0.15, 0.2) is 0 Å². The number of nitrogens with two attached hydrogens (primary N) is 2. The Kier molecular flexibility index (Phi) is 3.55. The van der Waals surface area contributed by atoms with Crippen LogP contribution in [-0.4, -0.2) is 4.89 Å². The molecule has 0 heterocycles. The average Bonchev–Trinajstić information content (AvgIpc) is 1.35. The minimum atomic E-state index is -1.95. The highest BCUT2D eigenvalue weighted by Crippen LogP contribution is 2.17. The van der Waals surface area contributed by atoms with Gasteiger partial charge in [0, 0.05) is 0 Å². The first kappa shape index (κ1) is 6.23. The second kappa shape index (κ2) is 3.42. The Morgan fingerprint density at radius 3 is 2.17 bits per heavy atom. The molecule has 0 aliphatic carbocycles. The highest BCUT2D eigenvalue weighted by atomic mass is 31.2. The van der Waals surface area contributed by atoms with E-state index in [0.717, 1.165) is 0 Å². The van der Waals surface area contributed by atoms with Crippen molar-refractivity contribution < 1.29 is 14.6 Å². The van der Waals surface area contributed by atoms with Crippen molar-refractivity contribution in [2.45, 2.75) is 0 Å². The van der Waals surface area contributed by atoms with Gasteiger partial charge < -0.3 is 4.89 Å². The van der Waals surface area contributed by atoms with E-state index in [-0.39, 0.29) is 0 Å². The first-order valence-electron chi connectivity index (χ1n) is 1.04. The molecule has 0 aromatic heterocycles. The Bertz CT molecular complexity index is 30.0. The zero-order valence-electron chi connectivity index (χ0n) is 2.87. The number of hydrogen-bond donors (Lipinski definition) is 3. The lowest BCUT2D eigenvalue weighted by molar-refractivity contribution is -0.210. The molecule has 1 atom stereocenters. The third-order valence-electron chi connectivity index (χ3n) is 0.119. The van der Waals surface area contributed by atoms with Crippen LogP contribution in [0.5, 0.6) is 0 Å². The molecule has 0 saturated heterocycles. The van der Waals surface area contributed by atoms with Gasteiger partial charge in [-0.3, -0.25) is 5.50 Å². The maximum atomic E-state index is 7.97. The first-order chi connectivity index (χ1) is 2.77. The highest BCUT2D eigenvalue weighted by Gasteiger charge is 1.90. The Hall–Kier alpha value is 0.230. The summed E-state index contributed by atoms with van der Waals surface area (Å²) in [5, 5.41) is 0. The van der Waals surface area contributed by atoms with Gasteiger partial charge in [-0.25, -0.2) is 0 Å². The molecule has 0 spiro atoms. The first-order valence-corrected chi connectivity index (χ1v) is 2.32. The maximum absolute atomic E-state index is 7.97. The molecule has 5 nitrogen and oxygen atoms in total. The molecule has 1 unspecified atom stereocenters. The molecule has 0 rings (SSSR count). The standard InChI is InChI=1S/H5N2O3P/c1-4-5-6(2)3/h3H,1-2H2. The van der Waals surface area contributed by atoms with Crippen LogP contribution in [0.3, 0.4) is 0 Å². The van der Waals surface area contributed by atoms with E-state index in [1.54, 1.807) is 0 Å². The summed E-state index contributed by atoms with van der Waals surface area (Å²) >= 11 is 0. The normalized spacial score (nSPS) is 14.5. The molecule has 0 radical (unpaired) electrons. The Morgan fingerprint density at radius 2 is 2.17 bits per heavy atom. The third-order valence-corrected chi connectivity index (χ3v) is 0.358. The second-order valence-corrected chi connectivity index (χ2v) is 1.23. The largest absolute Gasteiger partial charge is 0.336 e. The van der Waals surface area contributed by atoms with Crippen LogP contribution in [0.15, 0.2) is 0 Å². The van der Waals surface area contributed by atoms with E-state index in [1.807, 2.05) is 0 Å². The molecule has 0 aromatic carbocycles. The van der Waals surface area contributed by atoms with Gasteiger partial charge in [-0.2, -0.15) is 5.90 Å². The molecule has 0 fully saturated rings. The summed E-state index contributed by atoms with van der Waals surface area (Å²) in [7, 11) is -1.95. The van der Waals surface area contributed by atoms with Crippen LogP contribution >= 0.6 is 8.53 Å². The summed E-state index contributed by atoms with van der Waals surface area (Å²) in [6.45, 7) is 0. The van der Waals surface area contributed by atoms with Crippen LogP contribution in [0.2, 0.25) is 0 Å². The fourth-order valence-corrected chi connectivity index (χ4v) is 0.132. The summed E-state index contributed by atoms with van der Waals surface area (Å²) < 4.78 is 3.72. The predicted molar refractivity (Wildman–Crippen MR) is 19.7 cm³/mol. The van der Waals surface area contributed by atoms with Crippen LogP contribution in [-0.2, 0) is 9.66 Å². The van der Waals surface area contributed by atoms with Crippen molar-refractivity contribution in [1.29, 1.82) is 0 Å². The summed E-state index contributed by atoms with van der Waals surface area (Å²) in [5.41, 5.74) is 4.60. The maximum Gasteiger partial charge on any atom is 0.285 e. The van der Waals surface area contributed by atoms with E-state index in [1.165, 1.54) is 0 Å². The minimum absolute atomic E-state index is 1.95. The van der Waals surface area contributed by atoms with Crippen molar-refractivity contribution >= 4 is 8.53 Å². The summed E-state index contributed by atoms with van der Waals surface area (Å²) in [5.74, 6) is 4.28. The molecule has 0 saturated carbocycles. The van der Waals surface area contributed by atoms with Crippen LogP contribution in [0.25, 0.3) is 0 Å². The number of rotatable bonds is 2. The van der Waals surface area contributed by atoms with E-state index in [4.69, 9.17) is 4.89 Å². The topological polar surface area (TPSA) is 90.7 Å². The van der Waals surface area contributed by atoms with Crippen molar-refractivity contribution in [1.82, 2.24) is 0 Å². The molecule has 0 aliphatic heterocycles. The van der Waals surface area contributed by atoms with Gasteiger partial charge in [-0.1, -0.05) is 0 Å². The lowest BCUT2D eigenvalue weighted by Crippen LogP contribution is -1.99. The Balaban J connectivity index is 2.63. The van der Waals surface area contributed by atoms with Gasteiger partial charge in [0.25, 0.3) is 8.53 Å². The zero-order valence-corrected chi connectivity index (χ0v) is 3.76. The fourth-order valence-electron chi connectivity index (χ4n) is 0.0441. The van der Waals surface area contributed by atoms with Crippen molar-refractivity contribution in [2.24, 2.45) is 11.4 Å². The Labute approximate surface area is 35.7 Å². The van der Waals surface area contributed by atoms with E-state index in [2.05, 4.69) is 21.1 Å². The van der Waals surface area contributed by atoms with Gasteiger partial charge >= 0.3 is 0 Å². The van der Waals surface area contributed by atoms with Crippen molar-refractivity contribution in [3.05, 3.63) is 0 Å². The molecular weight excluding hydrogens is 107 g/mol. The molecule has 0 bridgehead atoms. The minimum Gasteiger partial charge on any atom is -0.336 e. The van der Waals surface area contributed by atoms with Gasteiger partial charge in [0.05, 0.1) is 0 Å². The molecular formula is H5N2O3P. The Morgan fingerprint density at radius 1 is 1.67 bits per heavy atom. The molecule has 38 valence electrons. The smallest absolute Gasteiger partial charge is 0.285 e. The van der Waals surface area contributed by atoms with E-state index in [9.17, 15) is 0 Å². The molecule has 0 amide bonds. The lowest BCUT2D eigenvalue weighted by Gasteiger charge is -1.94. The van der Waals surface area contributed by atoms with Crippen molar-refractivity contribution in [3.8, 4) is 0 Å². The summed E-state index contributed by atoms with van der Waals surface area (Å²) in [6, 6.07) is 0. The van der Waals surface area contributed by atoms with E-state index >= 15 is 0 Å². The van der Waals surface area contributed by atoms with Gasteiger partial charge in [-0.15, -0.1) is 9.66 Å². The lowest BCUT2D eigenvalue weighted by atomic mass is 13.5. The second-order valence-electron chi connectivity index (χ2n) is 0.473. The van der Waals surface area contributed by atoms with E-state index < -0.39 is 8.53 Å². The van der Waals surface area contributed by atoms with Crippen LogP contribution in [0.1, 0.15) is 0 Å². The van der Waals surface area contributed by atoms with Crippen LogP contribution in [0.4, 0.5) is 0 Å². The van der Waals surface area contributed by atoms with E-state index in [0.29, 0.717) is 0 Å². The average molecular weight is 112 g/mol.